The van der Waals surface area contributed by atoms with Crippen LogP contribution in [0.15, 0.2) is 12.7 Å². The number of esters is 1. The van der Waals surface area contributed by atoms with Gasteiger partial charge in [-0.1, -0.05) is 51.7 Å². The molecule has 0 bridgehead atoms. The fourth-order valence-corrected chi connectivity index (χ4v) is 1.79. The average molecular weight is 270 g/mol. The second kappa shape index (κ2) is 11.8. The third kappa shape index (κ3) is 11.5. The van der Waals surface area contributed by atoms with E-state index in [1.165, 1.54) is 25.7 Å². The first-order valence-corrected chi connectivity index (χ1v) is 7.14. The number of hydrogen-bond acceptors (Lipinski definition) is 3. The summed E-state index contributed by atoms with van der Waals surface area (Å²) in [7, 11) is 0. The number of aliphatic carboxylic acids is 1. The van der Waals surface area contributed by atoms with Gasteiger partial charge >= 0.3 is 11.9 Å². The predicted molar refractivity (Wildman–Crippen MR) is 74.9 cm³/mol. The number of ether oxygens (including phenoxy) is 1. The van der Waals surface area contributed by atoms with Crippen LogP contribution < -0.4 is 0 Å². The quantitative estimate of drug-likeness (QED) is 0.333. The third-order valence-corrected chi connectivity index (χ3v) is 2.93. The molecule has 1 N–H and O–H groups in total. The fourth-order valence-electron chi connectivity index (χ4n) is 1.79. The van der Waals surface area contributed by atoms with Crippen molar-refractivity contribution in [2.75, 3.05) is 0 Å². The lowest BCUT2D eigenvalue weighted by Gasteiger charge is -2.13. The first kappa shape index (κ1) is 17.7. The van der Waals surface area contributed by atoms with Gasteiger partial charge in [-0.2, -0.15) is 0 Å². The summed E-state index contributed by atoms with van der Waals surface area (Å²) in [6.45, 7) is 5.83. The van der Waals surface area contributed by atoms with Crippen molar-refractivity contribution in [2.45, 2.75) is 70.8 Å². The van der Waals surface area contributed by atoms with E-state index in [1.807, 2.05) is 0 Å². The molecule has 0 fully saturated rings. The van der Waals surface area contributed by atoms with Crippen LogP contribution in [0.25, 0.3) is 0 Å². The average Bonchev–Trinajstić information content (AvgIpc) is 2.39. The van der Waals surface area contributed by atoms with E-state index >= 15 is 0 Å². The lowest BCUT2D eigenvalue weighted by molar-refractivity contribution is -0.150. The summed E-state index contributed by atoms with van der Waals surface area (Å²) in [6, 6.07) is 0. The molecule has 1 unspecified atom stereocenters. The second-order valence-electron chi connectivity index (χ2n) is 4.71. The van der Waals surface area contributed by atoms with E-state index in [4.69, 9.17) is 9.84 Å². The molecular formula is C15H26O4. The van der Waals surface area contributed by atoms with Gasteiger partial charge in [0.05, 0.1) is 12.8 Å². The lowest BCUT2D eigenvalue weighted by Crippen LogP contribution is -2.16. The van der Waals surface area contributed by atoms with Gasteiger partial charge in [0.1, 0.15) is 6.10 Å². The first-order chi connectivity index (χ1) is 9.10. The van der Waals surface area contributed by atoms with E-state index in [2.05, 4.69) is 13.5 Å². The summed E-state index contributed by atoms with van der Waals surface area (Å²) in [5, 5.41) is 8.47. The molecule has 0 radical (unpaired) electrons. The molecule has 4 heteroatoms. The van der Waals surface area contributed by atoms with Crippen LogP contribution in [0.1, 0.15) is 64.7 Å². The van der Waals surface area contributed by atoms with Gasteiger partial charge in [-0.25, -0.2) is 0 Å². The van der Waals surface area contributed by atoms with Crippen molar-refractivity contribution in [2.24, 2.45) is 0 Å². The lowest BCUT2D eigenvalue weighted by atomic mass is 10.1. The van der Waals surface area contributed by atoms with Crippen LogP contribution in [0.5, 0.6) is 0 Å². The summed E-state index contributed by atoms with van der Waals surface area (Å²) < 4.78 is 5.16. The van der Waals surface area contributed by atoms with Gasteiger partial charge in [0.15, 0.2) is 0 Å². The number of carboxylic acids is 1. The molecule has 4 nitrogen and oxygen atoms in total. The van der Waals surface area contributed by atoms with Gasteiger partial charge in [0.25, 0.3) is 0 Å². The molecular weight excluding hydrogens is 244 g/mol. The van der Waals surface area contributed by atoms with Gasteiger partial charge < -0.3 is 9.84 Å². The van der Waals surface area contributed by atoms with Gasteiger partial charge in [0.2, 0.25) is 0 Å². The molecule has 0 rings (SSSR count). The van der Waals surface area contributed by atoms with Gasteiger partial charge in [-0.05, 0) is 12.8 Å². The summed E-state index contributed by atoms with van der Waals surface area (Å²) in [5.74, 6) is -1.44. The molecule has 0 aliphatic carbocycles. The van der Waals surface area contributed by atoms with Gasteiger partial charge in [-0.3, -0.25) is 9.59 Å². The molecule has 0 aliphatic rings. The minimum atomic E-state index is -0.983. The molecule has 19 heavy (non-hydrogen) atoms. The standard InChI is InChI=1S/C15H26O4/c1-3-5-6-7-8-9-10-13(4-2)19-15(18)12-11-14(16)17/h4,13H,2-3,5-12H2,1H3,(H,16,17). The molecule has 0 saturated carbocycles. The van der Waals surface area contributed by atoms with Crippen molar-refractivity contribution >= 4 is 11.9 Å². The zero-order valence-electron chi connectivity index (χ0n) is 11.9. The van der Waals surface area contributed by atoms with Crippen molar-refractivity contribution in [3.8, 4) is 0 Å². The monoisotopic (exact) mass is 270 g/mol. The topological polar surface area (TPSA) is 63.6 Å². The smallest absolute Gasteiger partial charge is 0.306 e. The largest absolute Gasteiger partial charge is 0.481 e. The van der Waals surface area contributed by atoms with E-state index in [0.29, 0.717) is 0 Å². The fraction of sp³-hybridized carbons (Fsp3) is 0.733. The maximum Gasteiger partial charge on any atom is 0.306 e. The highest BCUT2D eigenvalue weighted by Crippen LogP contribution is 2.12. The Morgan fingerprint density at radius 1 is 1.16 bits per heavy atom. The summed E-state index contributed by atoms with van der Waals surface area (Å²) >= 11 is 0. The van der Waals surface area contributed by atoms with Crippen LogP contribution in [0.4, 0.5) is 0 Å². The maximum atomic E-state index is 11.4. The highest BCUT2D eigenvalue weighted by Gasteiger charge is 2.12. The predicted octanol–water partition coefficient (Wildman–Crippen LogP) is 3.70. The third-order valence-electron chi connectivity index (χ3n) is 2.93. The molecule has 0 aliphatic heterocycles. The van der Waals surface area contributed by atoms with Crippen molar-refractivity contribution in [1.82, 2.24) is 0 Å². The number of carbonyl (C=O) groups excluding carboxylic acids is 1. The Morgan fingerprint density at radius 3 is 2.37 bits per heavy atom. The molecule has 0 aromatic rings. The zero-order chi connectivity index (χ0) is 14.5. The Hall–Kier alpha value is -1.32. The minimum absolute atomic E-state index is 0.0732. The van der Waals surface area contributed by atoms with Gasteiger partial charge in [-0.15, -0.1) is 0 Å². The Labute approximate surface area is 115 Å². The van der Waals surface area contributed by atoms with Crippen LogP contribution in [0, 0.1) is 0 Å². The Bertz CT molecular complexity index is 273. The normalized spacial score (nSPS) is 11.8. The summed E-state index contributed by atoms with van der Waals surface area (Å²) in [5.41, 5.74) is 0. The Morgan fingerprint density at radius 2 is 1.79 bits per heavy atom. The maximum absolute atomic E-state index is 11.4. The molecule has 1 atom stereocenters. The summed E-state index contributed by atoms with van der Waals surface area (Å²) in [6.07, 6.45) is 8.97. The molecule has 0 amide bonds. The Kier molecular flexibility index (Phi) is 10.9. The van der Waals surface area contributed by atoms with Crippen LogP contribution in [0.3, 0.4) is 0 Å². The number of unbranched alkanes of at least 4 members (excludes halogenated alkanes) is 5. The number of carboxylic acid groups (broad SMARTS) is 1. The first-order valence-electron chi connectivity index (χ1n) is 7.14. The van der Waals surface area contributed by atoms with Crippen molar-refractivity contribution < 1.29 is 19.4 Å². The van der Waals surface area contributed by atoms with E-state index in [9.17, 15) is 9.59 Å². The molecule has 0 heterocycles. The van der Waals surface area contributed by atoms with E-state index in [-0.39, 0.29) is 18.9 Å². The number of carbonyl (C=O) groups is 2. The van der Waals surface area contributed by atoms with Crippen LogP contribution in [-0.2, 0) is 14.3 Å². The highest BCUT2D eigenvalue weighted by molar-refractivity contribution is 5.76. The molecule has 0 aromatic carbocycles. The van der Waals surface area contributed by atoms with Crippen molar-refractivity contribution in [3.63, 3.8) is 0 Å². The highest BCUT2D eigenvalue weighted by atomic mass is 16.5. The molecule has 0 spiro atoms. The Balaban J connectivity index is 3.67. The zero-order valence-corrected chi connectivity index (χ0v) is 11.9. The van der Waals surface area contributed by atoms with E-state index in [0.717, 1.165) is 19.3 Å². The second-order valence-corrected chi connectivity index (χ2v) is 4.71. The number of hydrogen-bond donors (Lipinski definition) is 1. The molecule has 0 aromatic heterocycles. The van der Waals surface area contributed by atoms with Crippen LogP contribution in [-0.4, -0.2) is 23.1 Å². The van der Waals surface area contributed by atoms with Crippen LogP contribution >= 0.6 is 0 Å². The van der Waals surface area contributed by atoms with Crippen molar-refractivity contribution in [1.29, 1.82) is 0 Å². The summed E-state index contributed by atoms with van der Waals surface area (Å²) in [4.78, 5) is 21.7. The molecule has 110 valence electrons. The van der Waals surface area contributed by atoms with Gasteiger partial charge in [0, 0.05) is 0 Å². The van der Waals surface area contributed by atoms with Crippen molar-refractivity contribution in [3.05, 3.63) is 12.7 Å². The van der Waals surface area contributed by atoms with E-state index < -0.39 is 11.9 Å². The SMILES string of the molecule is C=CC(CCCCCCCC)OC(=O)CCC(=O)O. The number of rotatable bonds is 12. The van der Waals surface area contributed by atoms with E-state index in [1.54, 1.807) is 6.08 Å². The van der Waals surface area contributed by atoms with Crippen LogP contribution in [0.2, 0.25) is 0 Å². The minimum Gasteiger partial charge on any atom is -0.481 e. The molecule has 0 saturated heterocycles.